The van der Waals surface area contributed by atoms with E-state index in [0.717, 1.165) is 32.8 Å². The van der Waals surface area contributed by atoms with Crippen molar-refractivity contribution < 1.29 is 4.74 Å². The number of rotatable bonds is 1. The summed E-state index contributed by atoms with van der Waals surface area (Å²) in [4.78, 5) is 2.31. The largest absolute Gasteiger partial charge is 0.379 e. The van der Waals surface area contributed by atoms with Crippen LogP contribution in [0.25, 0.3) is 0 Å². The first-order chi connectivity index (χ1) is 5.43. The molecule has 11 heavy (non-hydrogen) atoms. The van der Waals surface area contributed by atoms with Crippen LogP contribution in [0.1, 0.15) is 0 Å². The molecule has 1 rings (SSSR count). The van der Waals surface area contributed by atoms with Crippen molar-refractivity contribution in [2.75, 3.05) is 39.1 Å². The van der Waals surface area contributed by atoms with Crippen molar-refractivity contribution in [3.63, 3.8) is 0 Å². The monoisotopic (exact) mass is 171 g/mol. The van der Waals surface area contributed by atoms with Crippen LogP contribution in [0.4, 0.5) is 0 Å². The maximum absolute atomic E-state index is 5.21. The predicted molar refractivity (Wildman–Crippen MR) is 48.6 cm³/mol. The SMILES string of the molecule is CSC#CCN1CCOCC1. The molecule has 0 radical (unpaired) electrons. The second kappa shape index (κ2) is 5.48. The zero-order chi connectivity index (χ0) is 7.94. The van der Waals surface area contributed by atoms with Crippen molar-refractivity contribution in [2.24, 2.45) is 0 Å². The van der Waals surface area contributed by atoms with Crippen molar-refractivity contribution >= 4 is 11.8 Å². The molecule has 0 aromatic carbocycles. The van der Waals surface area contributed by atoms with Gasteiger partial charge in [-0.05, 0) is 11.5 Å². The van der Waals surface area contributed by atoms with E-state index in [1.165, 1.54) is 0 Å². The van der Waals surface area contributed by atoms with E-state index in [0.29, 0.717) is 0 Å². The molecule has 0 amide bonds. The lowest BCUT2D eigenvalue weighted by atomic mass is 10.4. The van der Waals surface area contributed by atoms with E-state index < -0.39 is 0 Å². The second-order valence-electron chi connectivity index (χ2n) is 2.37. The molecule has 0 unspecified atom stereocenters. The number of hydrogen-bond donors (Lipinski definition) is 0. The van der Waals surface area contributed by atoms with Crippen molar-refractivity contribution in [1.29, 1.82) is 0 Å². The standard InChI is InChI=1S/C8H13NOS/c1-11-8-2-3-9-4-6-10-7-5-9/h3-7H2,1H3. The maximum atomic E-state index is 5.21. The van der Waals surface area contributed by atoms with Crippen LogP contribution in [0.5, 0.6) is 0 Å². The van der Waals surface area contributed by atoms with Gasteiger partial charge in [-0.25, -0.2) is 0 Å². The van der Waals surface area contributed by atoms with E-state index in [2.05, 4.69) is 16.1 Å². The van der Waals surface area contributed by atoms with E-state index in [1.54, 1.807) is 11.8 Å². The van der Waals surface area contributed by atoms with Crippen molar-refractivity contribution in [1.82, 2.24) is 4.90 Å². The minimum atomic E-state index is 0.862. The quantitative estimate of drug-likeness (QED) is 0.537. The van der Waals surface area contributed by atoms with Gasteiger partial charge in [0.15, 0.2) is 0 Å². The summed E-state index contributed by atoms with van der Waals surface area (Å²) in [5, 5.41) is 2.98. The van der Waals surface area contributed by atoms with Crippen LogP contribution in [0, 0.1) is 11.2 Å². The summed E-state index contributed by atoms with van der Waals surface area (Å²) in [6.07, 6.45) is 1.99. The van der Waals surface area contributed by atoms with Gasteiger partial charge in [0.05, 0.1) is 19.8 Å². The Labute approximate surface area is 72.3 Å². The molecule has 0 spiro atoms. The number of thioether (sulfide) groups is 1. The third-order valence-electron chi connectivity index (χ3n) is 1.58. The van der Waals surface area contributed by atoms with Crippen LogP contribution in [0.15, 0.2) is 0 Å². The molecule has 1 saturated heterocycles. The molecule has 0 saturated carbocycles. The molecular formula is C8H13NOS. The van der Waals surface area contributed by atoms with E-state index in [-0.39, 0.29) is 0 Å². The van der Waals surface area contributed by atoms with Crippen molar-refractivity contribution in [3.8, 4) is 11.2 Å². The summed E-state index contributed by atoms with van der Waals surface area (Å²) in [7, 11) is 0. The summed E-state index contributed by atoms with van der Waals surface area (Å²) in [5.41, 5.74) is 0. The molecule has 3 heteroatoms. The molecule has 1 aliphatic heterocycles. The molecule has 0 atom stereocenters. The zero-order valence-electron chi connectivity index (χ0n) is 6.80. The molecule has 0 bridgehead atoms. The van der Waals surface area contributed by atoms with Gasteiger partial charge in [0.2, 0.25) is 0 Å². The molecule has 2 nitrogen and oxygen atoms in total. The molecular weight excluding hydrogens is 158 g/mol. The van der Waals surface area contributed by atoms with E-state index in [4.69, 9.17) is 4.74 Å². The van der Waals surface area contributed by atoms with Crippen LogP contribution < -0.4 is 0 Å². The number of morpholine rings is 1. The van der Waals surface area contributed by atoms with Crippen molar-refractivity contribution in [3.05, 3.63) is 0 Å². The van der Waals surface area contributed by atoms with Gasteiger partial charge < -0.3 is 4.74 Å². The number of ether oxygens (including phenoxy) is 1. The Bertz CT molecular complexity index is 155. The Kier molecular flexibility index (Phi) is 4.44. The molecule has 1 fully saturated rings. The van der Waals surface area contributed by atoms with Gasteiger partial charge in [0.1, 0.15) is 0 Å². The average molecular weight is 171 g/mol. The zero-order valence-corrected chi connectivity index (χ0v) is 7.62. The lowest BCUT2D eigenvalue weighted by molar-refractivity contribution is 0.0443. The summed E-state index contributed by atoms with van der Waals surface area (Å²) >= 11 is 1.57. The van der Waals surface area contributed by atoms with E-state index in [1.807, 2.05) is 6.26 Å². The highest BCUT2D eigenvalue weighted by atomic mass is 32.2. The molecule has 1 heterocycles. The minimum Gasteiger partial charge on any atom is -0.379 e. The number of hydrogen-bond acceptors (Lipinski definition) is 3. The van der Waals surface area contributed by atoms with Gasteiger partial charge in [-0.2, -0.15) is 0 Å². The van der Waals surface area contributed by atoms with Gasteiger partial charge in [-0.15, -0.1) is 0 Å². The topological polar surface area (TPSA) is 12.5 Å². The summed E-state index contributed by atoms with van der Waals surface area (Å²) in [5.74, 6) is 3.09. The van der Waals surface area contributed by atoms with Crippen LogP contribution >= 0.6 is 11.8 Å². The summed E-state index contributed by atoms with van der Waals surface area (Å²) in [6, 6.07) is 0. The fourth-order valence-corrected chi connectivity index (χ4v) is 1.18. The Balaban J connectivity index is 2.14. The Morgan fingerprint density at radius 3 is 2.82 bits per heavy atom. The van der Waals surface area contributed by atoms with E-state index >= 15 is 0 Å². The van der Waals surface area contributed by atoms with Gasteiger partial charge in [-0.1, -0.05) is 17.7 Å². The van der Waals surface area contributed by atoms with Crippen LogP contribution in [-0.2, 0) is 4.74 Å². The third kappa shape index (κ3) is 3.66. The lowest BCUT2D eigenvalue weighted by Crippen LogP contribution is -2.36. The first kappa shape index (κ1) is 8.92. The molecule has 0 N–H and O–H groups in total. The van der Waals surface area contributed by atoms with E-state index in [9.17, 15) is 0 Å². The molecule has 0 aromatic rings. The summed E-state index contributed by atoms with van der Waals surface area (Å²) in [6.45, 7) is 4.68. The second-order valence-corrected chi connectivity index (χ2v) is 2.98. The fourth-order valence-electron chi connectivity index (χ4n) is 0.976. The normalized spacial score (nSPS) is 19.0. The average Bonchev–Trinajstić information content (AvgIpc) is 2.07. The Morgan fingerprint density at radius 1 is 1.45 bits per heavy atom. The van der Waals surface area contributed by atoms with Crippen LogP contribution in [0.2, 0.25) is 0 Å². The molecule has 1 aliphatic rings. The van der Waals surface area contributed by atoms with Crippen LogP contribution in [-0.4, -0.2) is 44.0 Å². The minimum absolute atomic E-state index is 0.862. The molecule has 0 aliphatic carbocycles. The fraction of sp³-hybridized carbons (Fsp3) is 0.750. The molecule has 0 aromatic heterocycles. The Morgan fingerprint density at radius 2 is 2.18 bits per heavy atom. The van der Waals surface area contributed by atoms with Gasteiger partial charge in [0, 0.05) is 13.1 Å². The van der Waals surface area contributed by atoms with Crippen LogP contribution in [0.3, 0.4) is 0 Å². The van der Waals surface area contributed by atoms with Gasteiger partial charge in [-0.3, -0.25) is 4.90 Å². The highest BCUT2D eigenvalue weighted by Crippen LogP contribution is 1.95. The highest BCUT2D eigenvalue weighted by molar-refractivity contribution is 8.03. The number of nitrogens with zero attached hydrogens (tertiary/aromatic N) is 1. The smallest absolute Gasteiger partial charge is 0.0612 e. The molecule has 62 valence electrons. The first-order valence-corrected chi connectivity index (χ1v) is 4.97. The first-order valence-electron chi connectivity index (χ1n) is 3.74. The lowest BCUT2D eigenvalue weighted by Gasteiger charge is -2.24. The van der Waals surface area contributed by atoms with Gasteiger partial charge >= 0.3 is 0 Å². The summed E-state index contributed by atoms with van der Waals surface area (Å²) < 4.78 is 5.21. The Hall–Kier alpha value is -0.170. The predicted octanol–water partition coefficient (Wildman–Crippen LogP) is 0.642. The van der Waals surface area contributed by atoms with Gasteiger partial charge in [0.25, 0.3) is 0 Å². The third-order valence-corrected chi connectivity index (χ3v) is 1.93. The van der Waals surface area contributed by atoms with Crippen molar-refractivity contribution in [2.45, 2.75) is 0 Å². The maximum Gasteiger partial charge on any atom is 0.0612 e. The highest BCUT2D eigenvalue weighted by Gasteiger charge is 2.07.